The van der Waals surface area contributed by atoms with Crippen LogP contribution in [0, 0.1) is 0 Å². The molecule has 114 valence electrons. The standard InChI is InChI=1S/C13H14ClF2N3O2/c1-13(2,20)11-7-19(18-17-11)6-8-5-9(14)3-4-10(8)21-12(15)16/h3-5,7,12,20H,6H2,1-2H3. The first-order valence-corrected chi connectivity index (χ1v) is 6.50. The molecule has 1 N–H and O–H groups in total. The van der Waals surface area contributed by atoms with Gasteiger partial charge in [-0.15, -0.1) is 5.10 Å². The van der Waals surface area contributed by atoms with Crippen molar-refractivity contribution in [1.29, 1.82) is 0 Å². The molecule has 5 nitrogen and oxygen atoms in total. The van der Waals surface area contributed by atoms with Crippen molar-refractivity contribution in [3.05, 3.63) is 40.7 Å². The van der Waals surface area contributed by atoms with Crippen LogP contribution in [0.5, 0.6) is 5.75 Å². The lowest BCUT2D eigenvalue weighted by atomic mass is 10.1. The first-order valence-electron chi connectivity index (χ1n) is 6.12. The number of hydrogen-bond acceptors (Lipinski definition) is 4. The summed E-state index contributed by atoms with van der Waals surface area (Å²) in [5.41, 5.74) is -0.314. The highest BCUT2D eigenvalue weighted by atomic mass is 35.5. The second-order valence-electron chi connectivity index (χ2n) is 4.99. The van der Waals surface area contributed by atoms with Crippen molar-refractivity contribution in [1.82, 2.24) is 15.0 Å². The van der Waals surface area contributed by atoms with Crippen molar-refractivity contribution in [2.75, 3.05) is 0 Å². The van der Waals surface area contributed by atoms with Gasteiger partial charge in [0.25, 0.3) is 0 Å². The van der Waals surface area contributed by atoms with Crippen LogP contribution in [-0.4, -0.2) is 26.7 Å². The van der Waals surface area contributed by atoms with Crippen LogP contribution in [0.25, 0.3) is 0 Å². The van der Waals surface area contributed by atoms with Gasteiger partial charge in [-0.2, -0.15) is 8.78 Å². The van der Waals surface area contributed by atoms with E-state index in [9.17, 15) is 13.9 Å². The molecule has 1 aromatic heterocycles. The van der Waals surface area contributed by atoms with Crippen molar-refractivity contribution < 1.29 is 18.6 Å². The summed E-state index contributed by atoms with van der Waals surface area (Å²) in [5.74, 6) is 0.0229. The second kappa shape index (κ2) is 5.95. The average Bonchev–Trinajstić information content (AvgIpc) is 2.80. The Labute approximate surface area is 125 Å². The zero-order valence-electron chi connectivity index (χ0n) is 11.4. The van der Waals surface area contributed by atoms with Crippen LogP contribution in [0.4, 0.5) is 8.78 Å². The van der Waals surface area contributed by atoms with Gasteiger partial charge in [0.1, 0.15) is 17.0 Å². The van der Waals surface area contributed by atoms with E-state index < -0.39 is 12.2 Å². The van der Waals surface area contributed by atoms with Gasteiger partial charge in [0.2, 0.25) is 0 Å². The Balaban J connectivity index is 2.26. The minimum absolute atomic E-state index is 0.0229. The molecule has 8 heteroatoms. The predicted octanol–water partition coefficient (Wildman–Crippen LogP) is 2.81. The minimum atomic E-state index is -2.92. The zero-order chi connectivity index (χ0) is 15.6. The molecule has 0 saturated heterocycles. The van der Waals surface area contributed by atoms with E-state index >= 15 is 0 Å². The number of hydrogen-bond donors (Lipinski definition) is 1. The van der Waals surface area contributed by atoms with Crippen LogP contribution in [0.1, 0.15) is 25.1 Å². The Kier molecular flexibility index (Phi) is 4.43. The maximum Gasteiger partial charge on any atom is 0.387 e. The summed E-state index contributed by atoms with van der Waals surface area (Å²) >= 11 is 5.87. The molecule has 0 aliphatic rings. The number of aromatic nitrogens is 3. The lowest BCUT2D eigenvalue weighted by molar-refractivity contribution is -0.0505. The fraction of sp³-hybridized carbons (Fsp3) is 0.385. The molecule has 1 aromatic carbocycles. The van der Waals surface area contributed by atoms with Gasteiger partial charge < -0.3 is 9.84 Å². The molecule has 0 saturated carbocycles. The number of aliphatic hydroxyl groups is 1. The van der Waals surface area contributed by atoms with Gasteiger partial charge in [-0.25, -0.2) is 4.68 Å². The molecule has 0 atom stereocenters. The van der Waals surface area contributed by atoms with Crippen molar-refractivity contribution >= 4 is 11.6 Å². The third kappa shape index (κ3) is 4.12. The summed E-state index contributed by atoms with van der Waals surface area (Å²) in [6, 6.07) is 4.36. The summed E-state index contributed by atoms with van der Waals surface area (Å²) in [4.78, 5) is 0. The Morgan fingerprint density at radius 2 is 2.14 bits per heavy atom. The second-order valence-corrected chi connectivity index (χ2v) is 5.43. The summed E-state index contributed by atoms with van der Waals surface area (Å²) in [6.45, 7) is 0.372. The number of benzene rings is 1. The fourth-order valence-electron chi connectivity index (χ4n) is 1.71. The Bertz CT molecular complexity index is 626. The molecule has 0 radical (unpaired) electrons. The van der Waals surface area contributed by atoms with Gasteiger partial charge >= 0.3 is 6.61 Å². The van der Waals surface area contributed by atoms with E-state index in [0.717, 1.165) is 0 Å². The van der Waals surface area contributed by atoms with E-state index in [-0.39, 0.29) is 12.3 Å². The van der Waals surface area contributed by atoms with E-state index in [1.54, 1.807) is 13.8 Å². The molecule has 2 aromatic rings. The summed E-state index contributed by atoms with van der Waals surface area (Å²) < 4.78 is 30.6. The third-order valence-corrected chi connectivity index (χ3v) is 2.97. The van der Waals surface area contributed by atoms with Crippen LogP contribution < -0.4 is 4.74 Å². The molecule has 2 rings (SSSR count). The maximum atomic E-state index is 12.4. The molecule has 21 heavy (non-hydrogen) atoms. The molecule has 0 amide bonds. The van der Waals surface area contributed by atoms with Gasteiger partial charge in [0, 0.05) is 10.6 Å². The number of nitrogens with zero attached hydrogens (tertiary/aromatic N) is 3. The van der Waals surface area contributed by atoms with Gasteiger partial charge in [0.05, 0.1) is 12.7 Å². The van der Waals surface area contributed by atoms with Crippen molar-refractivity contribution in [3.63, 3.8) is 0 Å². The molecule has 0 unspecified atom stereocenters. The largest absolute Gasteiger partial charge is 0.434 e. The highest BCUT2D eigenvalue weighted by Gasteiger charge is 2.20. The molecule has 0 spiro atoms. The van der Waals surface area contributed by atoms with Crippen LogP contribution in [0.15, 0.2) is 24.4 Å². The van der Waals surface area contributed by atoms with E-state index in [4.69, 9.17) is 11.6 Å². The maximum absolute atomic E-state index is 12.4. The van der Waals surface area contributed by atoms with E-state index in [0.29, 0.717) is 16.3 Å². The summed E-state index contributed by atoms with van der Waals surface area (Å²) in [7, 11) is 0. The molecular formula is C13H14ClF2N3O2. The minimum Gasteiger partial charge on any atom is -0.434 e. The van der Waals surface area contributed by atoms with Crippen LogP contribution in [0.2, 0.25) is 5.02 Å². The molecule has 1 heterocycles. The summed E-state index contributed by atoms with van der Waals surface area (Å²) in [5, 5.41) is 17.9. The third-order valence-electron chi connectivity index (χ3n) is 2.74. The average molecular weight is 318 g/mol. The van der Waals surface area contributed by atoms with Crippen LogP contribution in [0.3, 0.4) is 0 Å². The monoisotopic (exact) mass is 317 g/mol. The normalized spacial score (nSPS) is 12.0. The highest BCUT2D eigenvalue weighted by Crippen LogP contribution is 2.25. The lowest BCUT2D eigenvalue weighted by Crippen LogP contribution is -2.15. The first kappa shape index (κ1) is 15.7. The van der Waals surface area contributed by atoms with Crippen LogP contribution >= 0.6 is 11.6 Å². The van der Waals surface area contributed by atoms with Crippen molar-refractivity contribution in [2.45, 2.75) is 32.6 Å². The SMILES string of the molecule is CC(C)(O)c1cn(Cc2cc(Cl)ccc2OC(F)F)nn1. The highest BCUT2D eigenvalue weighted by molar-refractivity contribution is 6.30. The van der Waals surface area contributed by atoms with Gasteiger partial charge in [-0.1, -0.05) is 16.8 Å². The van der Waals surface area contributed by atoms with Crippen molar-refractivity contribution in [3.8, 4) is 5.75 Å². The Morgan fingerprint density at radius 3 is 2.71 bits per heavy atom. The van der Waals surface area contributed by atoms with Gasteiger partial charge in [-0.05, 0) is 32.0 Å². The number of alkyl halides is 2. The number of ether oxygens (including phenoxy) is 1. The molecule has 0 aliphatic carbocycles. The molecule has 0 aliphatic heterocycles. The molecular weight excluding hydrogens is 304 g/mol. The fourth-order valence-corrected chi connectivity index (χ4v) is 1.91. The van der Waals surface area contributed by atoms with E-state index in [1.165, 1.54) is 29.1 Å². The zero-order valence-corrected chi connectivity index (χ0v) is 12.2. The number of halogens is 3. The van der Waals surface area contributed by atoms with Gasteiger partial charge in [-0.3, -0.25) is 0 Å². The van der Waals surface area contributed by atoms with Crippen LogP contribution in [-0.2, 0) is 12.1 Å². The quantitative estimate of drug-likeness (QED) is 0.921. The molecule has 0 fully saturated rings. The van der Waals surface area contributed by atoms with E-state index in [1.807, 2.05) is 0 Å². The first-order chi connectivity index (χ1) is 9.75. The number of rotatable bonds is 5. The predicted molar refractivity (Wildman–Crippen MR) is 72.5 cm³/mol. The van der Waals surface area contributed by atoms with E-state index in [2.05, 4.69) is 15.0 Å². The lowest BCUT2D eigenvalue weighted by Gasteiger charge is -2.12. The molecule has 0 bridgehead atoms. The van der Waals surface area contributed by atoms with Gasteiger partial charge in [0.15, 0.2) is 0 Å². The smallest absolute Gasteiger partial charge is 0.387 e. The Hall–Kier alpha value is -1.73. The Morgan fingerprint density at radius 1 is 1.43 bits per heavy atom. The van der Waals surface area contributed by atoms with Crippen molar-refractivity contribution in [2.24, 2.45) is 0 Å². The topological polar surface area (TPSA) is 60.2 Å². The summed E-state index contributed by atoms with van der Waals surface area (Å²) in [6.07, 6.45) is 1.53.